The van der Waals surface area contributed by atoms with E-state index < -0.39 is 11.7 Å². The highest BCUT2D eigenvalue weighted by atomic mass is 16.6. The highest BCUT2D eigenvalue weighted by Crippen LogP contribution is 2.20. The Kier molecular flexibility index (Phi) is 6.68. The van der Waals surface area contributed by atoms with Crippen LogP contribution in [0, 0.1) is 13.8 Å². The van der Waals surface area contributed by atoms with Crippen LogP contribution in [0.5, 0.6) is 0 Å². The molecule has 0 spiro atoms. The molecule has 0 aliphatic carbocycles. The predicted octanol–water partition coefficient (Wildman–Crippen LogP) is 3.63. The lowest BCUT2D eigenvalue weighted by Crippen LogP contribution is -2.32. The zero-order valence-electron chi connectivity index (χ0n) is 14.4. The van der Waals surface area contributed by atoms with Crippen LogP contribution in [-0.4, -0.2) is 24.8 Å². The second kappa shape index (κ2) is 8.03. The fraction of sp³-hybridized carbons (Fsp3) is 0.588. The van der Waals surface area contributed by atoms with Gasteiger partial charge in [-0.15, -0.1) is 0 Å². The third kappa shape index (κ3) is 6.80. The van der Waals surface area contributed by atoms with E-state index in [2.05, 4.69) is 23.6 Å². The molecule has 22 heavy (non-hydrogen) atoms. The van der Waals surface area contributed by atoms with Gasteiger partial charge in [0.2, 0.25) is 0 Å². The van der Waals surface area contributed by atoms with Gasteiger partial charge >= 0.3 is 6.09 Å². The number of rotatable bonds is 6. The first-order chi connectivity index (χ1) is 10.2. The van der Waals surface area contributed by atoms with Crippen molar-refractivity contribution in [1.29, 1.82) is 0 Å². The fourth-order valence-corrected chi connectivity index (χ4v) is 2.06. The van der Waals surface area contributed by atoms with Crippen molar-refractivity contribution in [3.8, 4) is 0 Å². The monoisotopic (exact) mass is 308 g/mol. The minimum Gasteiger partial charge on any atom is -0.466 e. The molecule has 2 N–H and O–H groups in total. The van der Waals surface area contributed by atoms with E-state index in [1.165, 1.54) is 5.56 Å². The molecule has 0 saturated carbocycles. The summed E-state index contributed by atoms with van der Waals surface area (Å²) in [4.78, 5) is 11.4. The molecule has 0 aliphatic heterocycles. The molecule has 1 atom stereocenters. The first-order valence-electron chi connectivity index (χ1n) is 7.61. The van der Waals surface area contributed by atoms with E-state index in [1.54, 1.807) is 0 Å². The molecule has 1 aromatic heterocycles. The standard InChI is InChI=1S/C17H28N2O3/c1-12-11-15(14(3)21-12)13(2)18-9-7-8-10-19-16(20)22-17(4,5)6/h7-8,11,13,18H,9-10H2,1-6H3,(H,19,20)/b8-7+. The second-order valence-corrected chi connectivity index (χ2v) is 6.35. The van der Waals surface area contributed by atoms with E-state index in [-0.39, 0.29) is 6.04 Å². The summed E-state index contributed by atoms with van der Waals surface area (Å²) in [6, 6.07) is 2.28. The normalized spacial score (nSPS) is 13.4. The van der Waals surface area contributed by atoms with Crippen LogP contribution >= 0.6 is 0 Å². The lowest BCUT2D eigenvalue weighted by atomic mass is 10.1. The Bertz CT molecular complexity index is 512. The average Bonchev–Trinajstić information content (AvgIpc) is 2.70. The van der Waals surface area contributed by atoms with E-state index in [0.717, 1.165) is 18.1 Å². The minimum absolute atomic E-state index is 0.223. The van der Waals surface area contributed by atoms with Gasteiger partial charge in [0.15, 0.2) is 0 Å². The Balaban J connectivity index is 2.24. The summed E-state index contributed by atoms with van der Waals surface area (Å²) in [5, 5.41) is 6.07. The second-order valence-electron chi connectivity index (χ2n) is 6.35. The Labute approximate surface area is 133 Å². The average molecular weight is 308 g/mol. The Morgan fingerprint density at radius 1 is 1.32 bits per heavy atom. The molecule has 1 heterocycles. The molecule has 0 fully saturated rings. The van der Waals surface area contributed by atoms with Crippen LogP contribution in [0.1, 0.15) is 50.8 Å². The summed E-state index contributed by atoms with van der Waals surface area (Å²) in [7, 11) is 0. The van der Waals surface area contributed by atoms with Crippen LogP contribution in [-0.2, 0) is 4.74 Å². The van der Waals surface area contributed by atoms with Crippen LogP contribution in [0.4, 0.5) is 4.79 Å². The number of aryl methyl sites for hydroxylation is 2. The Hall–Kier alpha value is -1.75. The minimum atomic E-state index is -0.467. The number of alkyl carbamates (subject to hydrolysis) is 1. The van der Waals surface area contributed by atoms with E-state index in [4.69, 9.17) is 9.15 Å². The molecular weight excluding hydrogens is 280 g/mol. The third-order valence-electron chi connectivity index (χ3n) is 3.02. The number of nitrogens with one attached hydrogen (secondary N) is 2. The highest BCUT2D eigenvalue weighted by Gasteiger charge is 2.15. The maximum atomic E-state index is 11.4. The molecule has 0 radical (unpaired) electrons. The van der Waals surface area contributed by atoms with Gasteiger partial charge in [0, 0.05) is 24.7 Å². The van der Waals surface area contributed by atoms with Gasteiger partial charge in [-0.2, -0.15) is 0 Å². The third-order valence-corrected chi connectivity index (χ3v) is 3.02. The summed E-state index contributed by atoms with van der Waals surface area (Å²) < 4.78 is 10.7. The van der Waals surface area contributed by atoms with Gasteiger partial charge in [-0.3, -0.25) is 0 Å². The molecule has 0 bridgehead atoms. The smallest absolute Gasteiger partial charge is 0.407 e. The van der Waals surface area contributed by atoms with Crippen molar-refractivity contribution in [3.05, 3.63) is 35.3 Å². The molecule has 5 nitrogen and oxygen atoms in total. The number of hydrogen-bond acceptors (Lipinski definition) is 4. The molecule has 1 amide bonds. The van der Waals surface area contributed by atoms with Crippen LogP contribution < -0.4 is 10.6 Å². The van der Waals surface area contributed by atoms with Gasteiger partial charge in [-0.05, 0) is 47.6 Å². The SMILES string of the molecule is Cc1cc(C(C)NC/C=C/CNC(=O)OC(C)(C)C)c(C)o1. The fourth-order valence-electron chi connectivity index (χ4n) is 2.06. The van der Waals surface area contributed by atoms with Gasteiger partial charge in [-0.1, -0.05) is 12.2 Å². The molecule has 0 aromatic carbocycles. The lowest BCUT2D eigenvalue weighted by molar-refractivity contribution is 0.0534. The van der Waals surface area contributed by atoms with Gasteiger partial charge in [0.1, 0.15) is 17.1 Å². The number of amides is 1. The zero-order chi connectivity index (χ0) is 16.8. The maximum Gasteiger partial charge on any atom is 0.407 e. The van der Waals surface area contributed by atoms with Gasteiger partial charge in [-0.25, -0.2) is 4.79 Å². The van der Waals surface area contributed by atoms with Gasteiger partial charge in [0.05, 0.1) is 0 Å². The summed E-state index contributed by atoms with van der Waals surface area (Å²) >= 11 is 0. The molecule has 5 heteroatoms. The topological polar surface area (TPSA) is 63.5 Å². The summed E-state index contributed by atoms with van der Waals surface area (Å²) in [5.41, 5.74) is 0.712. The van der Waals surface area contributed by atoms with Crippen LogP contribution in [0.15, 0.2) is 22.6 Å². The molecule has 1 aromatic rings. The molecule has 1 unspecified atom stereocenters. The maximum absolute atomic E-state index is 11.4. The first-order valence-corrected chi connectivity index (χ1v) is 7.61. The van der Waals surface area contributed by atoms with Crippen LogP contribution in [0.25, 0.3) is 0 Å². The highest BCUT2D eigenvalue weighted by molar-refractivity contribution is 5.67. The molecular formula is C17H28N2O3. The number of carbonyl (C=O) groups excluding carboxylic acids is 1. The molecule has 0 aliphatic rings. The number of carbonyl (C=O) groups is 1. The largest absolute Gasteiger partial charge is 0.466 e. The quantitative estimate of drug-likeness (QED) is 0.788. The summed E-state index contributed by atoms with van der Waals surface area (Å²) in [6.07, 6.45) is 3.48. The molecule has 124 valence electrons. The van der Waals surface area contributed by atoms with E-state index in [9.17, 15) is 4.79 Å². The van der Waals surface area contributed by atoms with Crippen molar-refractivity contribution >= 4 is 6.09 Å². The zero-order valence-corrected chi connectivity index (χ0v) is 14.4. The van der Waals surface area contributed by atoms with Crippen LogP contribution in [0.3, 0.4) is 0 Å². The summed E-state index contributed by atoms with van der Waals surface area (Å²) in [5.74, 6) is 1.88. The van der Waals surface area contributed by atoms with Crippen molar-refractivity contribution in [2.75, 3.05) is 13.1 Å². The van der Waals surface area contributed by atoms with Crippen LogP contribution in [0.2, 0.25) is 0 Å². The predicted molar refractivity (Wildman–Crippen MR) is 88.0 cm³/mol. The number of hydrogen-bond donors (Lipinski definition) is 2. The Morgan fingerprint density at radius 2 is 1.95 bits per heavy atom. The molecule has 0 saturated heterocycles. The number of furan rings is 1. The lowest BCUT2D eigenvalue weighted by Gasteiger charge is -2.19. The van der Waals surface area contributed by atoms with Crippen molar-refractivity contribution in [3.63, 3.8) is 0 Å². The van der Waals surface area contributed by atoms with E-state index >= 15 is 0 Å². The van der Waals surface area contributed by atoms with E-state index in [0.29, 0.717) is 6.54 Å². The molecule has 1 rings (SSSR count). The van der Waals surface area contributed by atoms with Crippen molar-refractivity contribution in [2.24, 2.45) is 0 Å². The van der Waals surface area contributed by atoms with Gasteiger partial charge in [0.25, 0.3) is 0 Å². The first kappa shape index (κ1) is 18.3. The van der Waals surface area contributed by atoms with Gasteiger partial charge < -0.3 is 19.8 Å². The van der Waals surface area contributed by atoms with E-state index in [1.807, 2.05) is 46.8 Å². The summed E-state index contributed by atoms with van der Waals surface area (Å²) in [6.45, 7) is 12.7. The van der Waals surface area contributed by atoms with Crippen molar-refractivity contribution < 1.29 is 13.9 Å². The number of ether oxygens (including phenoxy) is 1. The Morgan fingerprint density at radius 3 is 2.50 bits per heavy atom. The van der Waals surface area contributed by atoms with Crippen molar-refractivity contribution in [1.82, 2.24) is 10.6 Å². The van der Waals surface area contributed by atoms with Crippen molar-refractivity contribution in [2.45, 2.75) is 53.2 Å².